The molecule has 0 aromatic heterocycles. The number of halogens is 3. The van der Waals surface area contributed by atoms with Crippen LogP contribution in [0.4, 0.5) is 8.78 Å². The van der Waals surface area contributed by atoms with Crippen molar-refractivity contribution in [1.29, 1.82) is 0 Å². The van der Waals surface area contributed by atoms with Crippen LogP contribution >= 0.6 is 15.9 Å². The van der Waals surface area contributed by atoms with Crippen LogP contribution in [0, 0.1) is 11.6 Å². The van der Waals surface area contributed by atoms with Gasteiger partial charge in [0.15, 0.2) is 0 Å². The highest BCUT2D eigenvalue weighted by Gasteiger charge is 2.05. The highest BCUT2D eigenvalue weighted by atomic mass is 79.9. The molecule has 1 rings (SSSR count). The number of benzene rings is 1. The van der Waals surface area contributed by atoms with E-state index in [9.17, 15) is 8.78 Å². The third-order valence-electron chi connectivity index (χ3n) is 1.66. The highest BCUT2D eigenvalue weighted by Crippen LogP contribution is 2.22. The fourth-order valence-corrected chi connectivity index (χ4v) is 1.55. The third kappa shape index (κ3) is 2.89. The van der Waals surface area contributed by atoms with Gasteiger partial charge in [-0.25, -0.2) is 8.78 Å². The molecule has 0 aliphatic rings. The van der Waals surface area contributed by atoms with Gasteiger partial charge in [-0.15, -0.1) is 0 Å². The lowest BCUT2D eigenvalue weighted by atomic mass is 10.2. The minimum atomic E-state index is -0.592. The second kappa shape index (κ2) is 5.22. The molecule has 0 spiro atoms. The molecule has 0 fully saturated rings. The summed E-state index contributed by atoms with van der Waals surface area (Å²) in [5.41, 5.74) is 5.62. The summed E-state index contributed by atoms with van der Waals surface area (Å²) in [5.74, 6) is -1.17. The Labute approximate surface area is 89.7 Å². The van der Waals surface area contributed by atoms with E-state index < -0.39 is 11.6 Å². The molecule has 0 unspecified atom stereocenters. The quantitative estimate of drug-likeness (QED) is 0.889. The molecule has 0 amide bonds. The highest BCUT2D eigenvalue weighted by molar-refractivity contribution is 9.10. The van der Waals surface area contributed by atoms with E-state index in [2.05, 4.69) is 15.9 Å². The zero-order chi connectivity index (χ0) is 10.6. The van der Waals surface area contributed by atoms with Gasteiger partial charge in [0.1, 0.15) is 11.6 Å². The van der Waals surface area contributed by atoms with Gasteiger partial charge in [-0.2, -0.15) is 0 Å². The Bertz CT molecular complexity index is 327. The summed E-state index contributed by atoms with van der Waals surface area (Å²) >= 11 is 3.09. The van der Waals surface area contributed by atoms with Crippen LogP contribution in [0.5, 0.6) is 0 Å². The molecular weight excluding hydrogens is 252 g/mol. The largest absolute Gasteiger partial charge is 0.330 e. The van der Waals surface area contributed by atoms with Gasteiger partial charge in [-0.3, -0.25) is 0 Å². The van der Waals surface area contributed by atoms with Crippen molar-refractivity contribution < 1.29 is 8.78 Å². The van der Waals surface area contributed by atoms with Gasteiger partial charge in [0.05, 0.1) is 0 Å². The van der Waals surface area contributed by atoms with Crippen LogP contribution in [0.3, 0.4) is 0 Å². The van der Waals surface area contributed by atoms with E-state index in [1.54, 1.807) is 12.2 Å². The lowest BCUT2D eigenvalue weighted by Crippen LogP contribution is -1.95. The second-order valence-electron chi connectivity index (χ2n) is 2.76. The number of nitrogens with two attached hydrogens (primary N) is 1. The van der Waals surface area contributed by atoms with Crippen molar-refractivity contribution in [1.82, 2.24) is 0 Å². The molecule has 0 saturated heterocycles. The first kappa shape index (κ1) is 11.3. The maximum atomic E-state index is 13.2. The van der Waals surface area contributed by atoms with Crippen LogP contribution in [-0.2, 0) is 0 Å². The monoisotopic (exact) mass is 261 g/mol. The van der Waals surface area contributed by atoms with Crippen LogP contribution < -0.4 is 5.73 Å². The molecule has 1 aromatic rings. The third-order valence-corrected chi connectivity index (χ3v) is 2.32. The first-order valence-corrected chi connectivity index (χ1v) is 4.95. The van der Waals surface area contributed by atoms with Gasteiger partial charge in [-0.05, 0) is 35.0 Å². The fourth-order valence-electron chi connectivity index (χ4n) is 1.01. The Kier molecular flexibility index (Phi) is 4.22. The molecule has 14 heavy (non-hydrogen) atoms. The lowest BCUT2D eigenvalue weighted by molar-refractivity contribution is 0.580. The van der Waals surface area contributed by atoms with Crippen molar-refractivity contribution in [3.05, 3.63) is 39.9 Å². The molecule has 0 aliphatic heterocycles. The SMILES string of the molecule is NCCC=Cc1c(F)cc(F)cc1Br. The van der Waals surface area contributed by atoms with Gasteiger partial charge in [0.2, 0.25) is 0 Å². The van der Waals surface area contributed by atoms with Gasteiger partial charge < -0.3 is 5.73 Å². The number of hydrogen-bond acceptors (Lipinski definition) is 1. The molecule has 2 N–H and O–H groups in total. The van der Waals surface area contributed by atoms with E-state index in [0.29, 0.717) is 23.0 Å². The Morgan fingerprint density at radius 2 is 2.07 bits per heavy atom. The number of hydrogen-bond donors (Lipinski definition) is 1. The Morgan fingerprint density at radius 3 is 2.64 bits per heavy atom. The zero-order valence-corrected chi connectivity index (χ0v) is 9.02. The first-order valence-electron chi connectivity index (χ1n) is 4.16. The standard InChI is InChI=1S/C10H10BrF2N/c11-9-5-7(12)6-10(13)8(9)3-1-2-4-14/h1,3,5-6H,2,4,14H2. The molecule has 76 valence electrons. The summed E-state index contributed by atoms with van der Waals surface area (Å²) in [4.78, 5) is 0. The minimum absolute atomic E-state index is 0.347. The summed E-state index contributed by atoms with van der Waals surface area (Å²) in [6, 6.07) is 2.08. The average Bonchev–Trinajstić information content (AvgIpc) is 2.09. The fraction of sp³-hybridized carbons (Fsp3) is 0.200. The van der Waals surface area contributed by atoms with E-state index in [0.717, 1.165) is 6.07 Å². The summed E-state index contributed by atoms with van der Waals surface area (Å²) in [6.07, 6.45) is 4.01. The Hall–Kier alpha value is -0.740. The Morgan fingerprint density at radius 1 is 1.36 bits per heavy atom. The van der Waals surface area contributed by atoms with Gasteiger partial charge in [-0.1, -0.05) is 12.2 Å². The summed E-state index contributed by atoms with van der Waals surface area (Å²) in [7, 11) is 0. The maximum absolute atomic E-state index is 13.2. The van der Waals surface area contributed by atoms with Gasteiger partial charge >= 0.3 is 0 Å². The molecule has 1 aromatic carbocycles. The molecule has 0 bridgehead atoms. The van der Waals surface area contributed by atoms with Crippen molar-refractivity contribution in [2.24, 2.45) is 5.73 Å². The van der Waals surface area contributed by atoms with Crippen LogP contribution in [0.1, 0.15) is 12.0 Å². The molecular formula is C10H10BrF2N. The van der Waals surface area contributed by atoms with Crippen molar-refractivity contribution in [3.63, 3.8) is 0 Å². The molecule has 4 heteroatoms. The molecule has 0 aliphatic carbocycles. The van der Waals surface area contributed by atoms with E-state index >= 15 is 0 Å². The van der Waals surface area contributed by atoms with E-state index in [4.69, 9.17) is 5.73 Å². The van der Waals surface area contributed by atoms with Crippen LogP contribution in [0.25, 0.3) is 6.08 Å². The number of rotatable bonds is 3. The van der Waals surface area contributed by atoms with Crippen molar-refractivity contribution in [2.45, 2.75) is 6.42 Å². The van der Waals surface area contributed by atoms with Crippen LogP contribution in [0.15, 0.2) is 22.7 Å². The normalized spacial score (nSPS) is 11.1. The van der Waals surface area contributed by atoms with Gasteiger partial charge in [0.25, 0.3) is 0 Å². The van der Waals surface area contributed by atoms with E-state index in [1.165, 1.54) is 6.07 Å². The van der Waals surface area contributed by atoms with Crippen LogP contribution in [0.2, 0.25) is 0 Å². The van der Waals surface area contributed by atoms with Crippen LogP contribution in [-0.4, -0.2) is 6.54 Å². The summed E-state index contributed by atoms with van der Waals surface area (Å²) in [6.45, 7) is 0.511. The summed E-state index contributed by atoms with van der Waals surface area (Å²) < 4.78 is 26.3. The van der Waals surface area contributed by atoms with Gasteiger partial charge in [0, 0.05) is 16.1 Å². The smallest absolute Gasteiger partial charge is 0.134 e. The second-order valence-corrected chi connectivity index (χ2v) is 3.62. The van der Waals surface area contributed by atoms with E-state index in [1.807, 2.05) is 0 Å². The van der Waals surface area contributed by atoms with E-state index in [-0.39, 0.29) is 0 Å². The first-order chi connectivity index (χ1) is 6.65. The van der Waals surface area contributed by atoms with Crippen molar-refractivity contribution in [2.75, 3.05) is 6.54 Å². The predicted octanol–water partition coefficient (Wildman–Crippen LogP) is 3.09. The average molecular weight is 262 g/mol. The maximum Gasteiger partial charge on any atom is 0.134 e. The molecule has 1 nitrogen and oxygen atoms in total. The molecule has 0 radical (unpaired) electrons. The predicted molar refractivity (Wildman–Crippen MR) is 56.8 cm³/mol. The zero-order valence-electron chi connectivity index (χ0n) is 7.43. The Balaban J connectivity index is 2.96. The topological polar surface area (TPSA) is 26.0 Å². The van der Waals surface area contributed by atoms with Crippen molar-refractivity contribution in [3.8, 4) is 0 Å². The minimum Gasteiger partial charge on any atom is -0.330 e. The lowest BCUT2D eigenvalue weighted by Gasteiger charge is -2.00. The summed E-state index contributed by atoms with van der Waals surface area (Å²) in [5, 5.41) is 0. The van der Waals surface area contributed by atoms with Crippen molar-refractivity contribution >= 4 is 22.0 Å². The molecule has 0 saturated carbocycles. The molecule has 0 heterocycles. The molecule has 0 atom stereocenters.